The van der Waals surface area contributed by atoms with Crippen LogP contribution in [-0.2, 0) is 6.54 Å². The van der Waals surface area contributed by atoms with E-state index in [1.54, 1.807) is 12.3 Å². The normalized spacial score (nSPS) is 11.2. The van der Waals surface area contributed by atoms with Gasteiger partial charge >= 0.3 is 0 Å². The van der Waals surface area contributed by atoms with Crippen LogP contribution >= 0.6 is 0 Å². The lowest BCUT2D eigenvalue weighted by Gasteiger charge is -2.13. The molecule has 0 radical (unpaired) electrons. The second-order valence-electron chi connectivity index (χ2n) is 5.16. The average Bonchev–Trinajstić information content (AvgIpc) is 3.00. The zero-order valence-electron chi connectivity index (χ0n) is 12.2. The summed E-state index contributed by atoms with van der Waals surface area (Å²) < 4.78 is 68.6. The number of benzene rings is 2. The Bertz CT molecular complexity index is 860. The summed E-state index contributed by atoms with van der Waals surface area (Å²) in [5, 5.41) is 3.96. The van der Waals surface area contributed by atoms with E-state index in [4.69, 9.17) is 0 Å². The molecule has 0 atom stereocenters. The Morgan fingerprint density at radius 3 is 2.46 bits per heavy atom. The molecule has 2 aromatic carbocycles. The molecule has 0 aliphatic rings. The van der Waals surface area contributed by atoms with Crippen LogP contribution in [0.3, 0.4) is 0 Å². The van der Waals surface area contributed by atoms with Gasteiger partial charge in [-0.05, 0) is 35.4 Å². The molecule has 0 aliphatic carbocycles. The predicted molar refractivity (Wildman–Crippen MR) is 78.0 cm³/mol. The van der Waals surface area contributed by atoms with Crippen LogP contribution in [0, 0.1) is 17.5 Å². The second-order valence-corrected chi connectivity index (χ2v) is 5.16. The summed E-state index contributed by atoms with van der Waals surface area (Å²) in [6.45, 7) is 0.0401. The van der Waals surface area contributed by atoms with Crippen molar-refractivity contribution in [3.8, 4) is 11.1 Å². The van der Waals surface area contributed by atoms with Crippen molar-refractivity contribution in [3.63, 3.8) is 0 Å². The fourth-order valence-corrected chi connectivity index (χ4v) is 2.51. The molecule has 0 saturated heterocycles. The van der Waals surface area contributed by atoms with Gasteiger partial charge in [0.25, 0.3) is 6.43 Å². The summed E-state index contributed by atoms with van der Waals surface area (Å²) in [5.41, 5.74) is -0.635. The first-order valence-corrected chi connectivity index (χ1v) is 6.99. The number of halogens is 5. The summed E-state index contributed by atoms with van der Waals surface area (Å²) in [6, 6.07) is 6.31. The van der Waals surface area contributed by atoms with E-state index in [0.29, 0.717) is 6.07 Å². The first-order valence-electron chi connectivity index (χ1n) is 6.99. The molecule has 0 amide bonds. The molecule has 1 aromatic heterocycles. The summed E-state index contributed by atoms with van der Waals surface area (Å²) in [6.07, 6.45) is 0.0623. The van der Waals surface area contributed by atoms with Gasteiger partial charge < -0.3 is 0 Å². The minimum atomic E-state index is -3.04. The van der Waals surface area contributed by atoms with Crippen LogP contribution in [0.5, 0.6) is 0 Å². The molecule has 0 unspecified atom stereocenters. The monoisotopic (exact) mass is 338 g/mol. The number of rotatable bonds is 4. The van der Waals surface area contributed by atoms with Crippen molar-refractivity contribution >= 4 is 0 Å². The third-order valence-corrected chi connectivity index (χ3v) is 3.55. The topological polar surface area (TPSA) is 17.8 Å². The molecule has 0 aliphatic heterocycles. The summed E-state index contributed by atoms with van der Waals surface area (Å²) >= 11 is 0. The minimum Gasteiger partial charge on any atom is -0.268 e. The standard InChI is InChI=1S/C17H11F5N2/c18-12-6-11(9-24-5-1-4-23-24)16(15(20)8-12)10-2-3-14(19)13(7-10)17(21)22/h1-8,17H,9H2. The van der Waals surface area contributed by atoms with Crippen molar-refractivity contribution in [2.24, 2.45) is 0 Å². The molecule has 2 nitrogen and oxygen atoms in total. The quantitative estimate of drug-likeness (QED) is 0.615. The number of alkyl halides is 2. The van der Waals surface area contributed by atoms with E-state index in [9.17, 15) is 22.0 Å². The van der Waals surface area contributed by atoms with Crippen LogP contribution in [-0.4, -0.2) is 9.78 Å². The van der Waals surface area contributed by atoms with Gasteiger partial charge in [-0.2, -0.15) is 5.10 Å². The molecule has 0 saturated carbocycles. The molecule has 3 rings (SSSR count). The number of nitrogens with zero attached hydrogens (tertiary/aromatic N) is 2. The van der Waals surface area contributed by atoms with Crippen molar-refractivity contribution in [3.05, 3.63) is 77.4 Å². The molecule has 0 N–H and O–H groups in total. The molecule has 1 heterocycles. The van der Waals surface area contributed by atoms with Gasteiger partial charge in [0.1, 0.15) is 17.5 Å². The summed E-state index contributed by atoms with van der Waals surface area (Å²) in [4.78, 5) is 0. The maximum atomic E-state index is 14.3. The van der Waals surface area contributed by atoms with Crippen molar-refractivity contribution < 1.29 is 22.0 Å². The molecule has 24 heavy (non-hydrogen) atoms. The average molecular weight is 338 g/mol. The van der Waals surface area contributed by atoms with E-state index in [1.807, 2.05) is 0 Å². The third-order valence-electron chi connectivity index (χ3n) is 3.55. The Kier molecular flexibility index (Phi) is 4.33. The molecular formula is C17H11F5N2. The highest BCUT2D eigenvalue weighted by molar-refractivity contribution is 5.69. The zero-order chi connectivity index (χ0) is 17.3. The fraction of sp³-hybridized carbons (Fsp3) is 0.118. The maximum Gasteiger partial charge on any atom is 0.266 e. The first kappa shape index (κ1) is 16.2. The van der Waals surface area contributed by atoms with Crippen LogP contribution in [0.2, 0.25) is 0 Å². The van der Waals surface area contributed by atoms with Gasteiger partial charge in [0.05, 0.1) is 12.1 Å². The van der Waals surface area contributed by atoms with Crippen LogP contribution in [0.1, 0.15) is 17.6 Å². The molecule has 3 aromatic rings. The highest BCUT2D eigenvalue weighted by atomic mass is 19.3. The van der Waals surface area contributed by atoms with Crippen molar-refractivity contribution in [2.75, 3.05) is 0 Å². The molecule has 124 valence electrons. The van der Waals surface area contributed by atoms with E-state index in [1.165, 1.54) is 16.9 Å². The van der Waals surface area contributed by atoms with Crippen LogP contribution in [0.15, 0.2) is 48.8 Å². The van der Waals surface area contributed by atoms with E-state index < -0.39 is 29.4 Å². The van der Waals surface area contributed by atoms with Gasteiger partial charge in [0.15, 0.2) is 0 Å². The van der Waals surface area contributed by atoms with E-state index in [2.05, 4.69) is 5.10 Å². The molecule has 0 spiro atoms. The fourth-order valence-electron chi connectivity index (χ4n) is 2.51. The van der Waals surface area contributed by atoms with Gasteiger partial charge in [0, 0.05) is 24.0 Å². The SMILES string of the molecule is Fc1cc(F)c(-c2ccc(F)c(C(F)F)c2)c(Cn2cccn2)c1. The number of hydrogen-bond donors (Lipinski definition) is 0. The van der Waals surface area contributed by atoms with Gasteiger partial charge in [-0.1, -0.05) is 6.07 Å². The van der Waals surface area contributed by atoms with Gasteiger partial charge in [-0.15, -0.1) is 0 Å². The Balaban J connectivity index is 2.15. The second kappa shape index (κ2) is 6.43. The number of hydrogen-bond acceptors (Lipinski definition) is 1. The van der Waals surface area contributed by atoms with Crippen molar-refractivity contribution in [1.29, 1.82) is 0 Å². The minimum absolute atomic E-state index is 0.0401. The Morgan fingerprint density at radius 2 is 1.79 bits per heavy atom. The van der Waals surface area contributed by atoms with Gasteiger partial charge in [-0.3, -0.25) is 4.68 Å². The Morgan fingerprint density at radius 1 is 1.00 bits per heavy atom. The lowest BCUT2D eigenvalue weighted by atomic mass is 9.97. The number of aromatic nitrogens is 2. The Hall–Kier alpha value is -2.70. The van der Waals surface area contributed by atoms with Gasteiger partial charge in [0.2, 0.25) is 0 Å². The lowest BCUT2D eigenvalue weighted by Crippen LogP contribution is -2.04. The maximum absolute atomic E-state index is 14.3. The highest BCUT2D eigenvalue weighted by Gasteiger charge is 2.19. The molecule has 0 fully saturated rings. The smallest absolute Gasteiger partial charge is 0.266 e. The Labute approximate surface area is 134 Å². The highest BCUT2D eigenvalue weighted by Crippen LogP contribution is 2.32. The van der Waals surface area contributed by atoms with Gasteiger partial charge in [-0.25, -0.2) is 22.0 Å². The first-order chi connectivity index (χ1) is 11.5. The van der Waals surface area contributed by atoms with E-state index in [0.717, 1.165) is 18.2 Å². The largest absolute Gasteiger partial charge is 0.268 e. The predicted octanol–water partition coefficient (Wildman–Crippen LogP) is 4.95. The van der Waals surface area contributed by atoms with E-state index >= 15 is 0 Å². The molecule has 0 bridgehead atoms. The van der Waals surface area contributed by atoms with Crippen LogP contribution in [0.4, 0.5) is 22.0 Å². The summed E-state index contributed by atoms with van der Waals surface area (Å²) in [5.74, 6) is -2.79. The van der Waals surface area contributed by atoms with Crippen LogP contribution in [0.25, 0.3) is 11.1 Å². The lowest BCUT2D eigenvalue weighted by molar-refractivity contribution is 0.146. The third kappa shape index (κ3) is 3.15. The zero-order valence-corrected chi connectivity index (χ0v) is 12.2. The van der Waals surface area contributed by atoms with E-state index in [-0.39, 0.29) is 23.2 Å². The van der Waals surface area contributed by atoms with Crippen molar-refractivity contribution in [2.45, 2.75) is 13.0 Å². The molecule has 7 heteroatoms. The van der Waals surface area contributed by atoms with Crippen molar-refractivity contribution in [1.82, 2.24) is 9.78 Å². The molecular weight excluding hydrogens is 327 g/mol. The summed E-state index contributed by atoms with van der Waals surface area (Å²) in [7, 11) is 0. The van der Waals surface area contributed by atoms with Crippen LogP contribution < -0.4 is 0 Å².